The number of hydrogen-bond acceptors (Lipinski definition) is 4. The number of carbonyl (C=O) groups is 1. The van der Waals surface area contributed by atoms with Gasteiger partial charge in [-0.3, -0.25) is 5.32 Å². The number of benzene rings is 2. The Bertz CT molecular complexity index is 838. The van der Waals surface area contributed by atoms with Crippen LogP contribution in [0.2, 0.25) is 5.02 Å². The van der Waals surface area contributed by atoms with Gasteiger partial charge in [-0.05, 0) is 52.9 Å². The molecule has 0 atom stereocenters. The minimum Gasteiger partial charge on any atom is -0.308 e. The van der Waals surface area contributed by atoms with Crippen molar-refractivity contribution in [1.82, 2.24) is 10.2 Å². The molecule has 0 fully saturated rings. The zero-order chi connectivity index (χ0) is 16.2. The largest absolute Gasteiger partial charge is 0.325 e. The molecule has 0 aliphatic carbocycles. The predicted octanol–water partition coefficient (Wildman–Crippen LogP) is 5.11. The molecule has 2 aromatic carbocycles. The molecular weight excluding hydrogens is 447 g/mol. The van der Waals surface area contributed by atoms with Crippen LogP contribution in [-0.2, 0) is 0 Å². The predicted molar refractivity (Wildman–Crippen MR) is 102 cm³/mol. The highest BCUT2D eigenvalue weighted by Gasteiger charge is 2.11. The minimum atomic E-state index is -0.377. The van der Waals surface area contributed by atoms with Crippen LogP contribution < -0.4 is 10.6 Å². The maximum atomic E-state index is 12.0. The van der Waals surface area contributed by atoms with Crippen molar-refractivity contribution in [2.24, 2.45) is 0 Å². The smallest absolute Gasteiger partial charge is 0.308 e. The Labute approximate surface area is 155 Å². The summed E-state index contributed by atoms with van der Waals surface area (Å²) in [7, 11) is 0. The number of urea groups is 1. The van der Waals surface area contributed by atoms with E-state index < -0.39 is 0 Å². The summed E-state index contributed by atoms with van der Waals surface area (Å²) in [6, 6.07) is 14.4. The summed E-state index contributed by atoms with van der Waals surface area (Å²) < 4.78 is 1.08. The van der Waals surface area contributed by atoms with Gasteiger partial charge >= 0.3 is 6.03 Å². The molecule has 0 radical (unpaired) electrons. The van der Waals surface area contributed by atoms with E-state index in [1.807, 2.05) is 24.3 Å². The first kappa shape index (κ1) is 16.2. The van der Waals surface area contributed by atoms with Gasteiger partial charge in [0.25, 0.3) is 0 Å². The maximum absolute atomic E-state index is 12.0. The van der Waals surface area contributed by atoms with E-state index in [1.54, 1.807) is 24.3 Å². The molecule has 5 nitrogen and oxygen atoms in total. The second-order valence-electron chi connectivity index (χ2n) is 4.48. The SMILES string of the molecule is O=C(Nc1ccc(Cl)cc1)Nc1nnc(-c2ccccc2I)s1. The zero-order valence-corrected chi connectivity index (χ0v) is 15.3. The van der Waals surface area contributed by atoms with Crippen LogP contribution in [0.15, 0.2) is 48.5 Å². The first-order chi connectivity index (χ1) is 11.1. The number of nitrogens with one attached hydrogen (secondary N) is 2. The van der Waals surface area contributed by atoms with Gasteiger partial charge in [-0.2, -0.15) is 0 Å². The van der Waals surface area contributed by atoms with Crippen LogP contribution in [0.3, 0.4) is 0 Å². The van der Waals surface area contributed by atoms with E-state index >= 15 is 0 Å². The first-order valence-electron chi connectivity index (χ1n) is 6.54. The molecule has 116 valence electrons. The van der Waals surface area contributed by atoms with Crippen molar-refractivity contribution in [2.45, 2.75) is 0 Å². The summed E-state index contributed by atoms with van der Waals surface area (Å²) in [5, 5.41) is 15.3. The van der Waals surface area contributed by atoms with E-state index in [4.69, 9.17) is 11.6 Å². The Kier molecular flexibility index (Phi) is 5.09. The van der Waals surface area contributed by atoms with Gasteiger partial charge in [-0.25, -0.2) is 4.79 Å². The molecular formula is C15H10ClIN4OS. The summed E-state index contributed by atoms with van der Waals surface area (Å²) in [5.41, 5.74) is 1.64. The second-order valence-corrected chi connectivity index (χ2v) is 7.05. The average Bonchev–Trinajstić information content (AvgIpc) is 2.98. The molecule has 0 aliphatic rings. The summed E-state index contributed by atoms with van der Waals surface area (Å²) in [4.78, 5) is 12.0. The van der Waals surface area contributed by atoms with Crippen molar-refractivity contribution >= 4 is 62.4 Å². The summed E-state index contributed by atoms with van der Waals surface area (Å²) >= 11 is 9.37. The Hall–Kier alpha value is -1.71. The fourth-order valence-electron chi connectivity index (χ4n) is 1.81. The van der Waals surface area contributed by atoms with E-state index in [-0.39, 0.29) is 6.03 Å². The second kappa shape index (κ2) is 7.24. The highest BCUT2D eigenvalue weighted by atomic mass is 127. The van der Waals surface area contributed by atoms with Crippen LogP contribution in [0, 0.1) is 3.57 Å². The van der Waals surface area contributed by atoms with Gasteiger partial charge in [-0.1, -0.05) is 41.1 Å². The van der Waals surface area contributed by atoms with Crippen molar-refractivity contribution in [3.63, 3.8) is 0 Å². The van der Waals surface area contributed by atoms with Crippen LogP contribution in [0.25, 0.3) is 10.6 Å². The Balaban J connectivity index is 1.68. The van der Waals surface area contributed by atoms with Gasteiger partial charge in [0, 0.05) is 19.8 Å². The third-order valence-electron chi connectivity index (χ3n) is 2.85. The van der Waals surface area contributed by atoms with Crippen molar-refractivity contribution in [3.05, 3.63) is 57.1 Å². The number of aromatic nitrogens is 2. The van der Waals surface area contributed by atoms with Gasteiger partial charge in [0.05, 0.1) is 0 Å². The molecule has 0 unspecified atom stereocenters. The number of nitrogens with zero attached hydrogens (tertiary/aromatic N) is 2. The third kappa shape index (κ3) is 4.18. The molecule has 2 N–H and O–H groups in total. The highest BCUT2D eigenvalue weighted by molar-refractivity contribution is 14.1. The zero-order valence-electron chi connectivity index (χ0n) is 11.6. The molecule has 1 heterocycles. The number of carbonyl (C=O) groups excluding carboxylic acids is 1. The number of anilines is 2. The number of hydrogen-bond donors (Lipinski definition) is 2. The van der Waals surface area contributed by atoms with Crippen LogP contribution in [-0.4, -0.2) is 16.2 Å². The van der Waals surface area contributed by atoms with E-state index in [1.165, 1.54) is 11.3 Å². The van der Waals surface area contributed by atoms with Crippen molar-refractivity contribution in [1.29, 1.82) is 0 Å². The van der Waals surface area contributed by atoms with E-state index in [2.05, 4.69) is 43.4 Å². The maximum Gasteiger partial charge on any atom is 0.325 e. The van der Waals surface area contributed by atoms with Crippen LogP contribution in [0.5, 0.6) is 0 Å². The molecule has 0 bridgehead atoms. The van der Waals surface area contributed by atoms with Gasteiger partial charge in [0.15, 0.2) is 5.01 Å². The molecule has 1 aromatic heterocycles. The monoisotopic (exact) mass is 456 g/mol. The highest BCUT2D eigenvalue weighted by Crippen LogP contribution is 2.29. The summed E-state index contributed by atoms with van der Waals surface area (Å²) in [6.07, 6.45) is 0. The minimum absolute atomic E-state index is 0.377. The van der Waals surface area contributed by atoms with Crippen LogP contribution in [0.1, 0.15) is 0 Å². The fourth-order valence-corrected chi connectivity index (χ4v) is 3.54. The normalized spacial score (nSPS) is 10.3. The standard InChI is InChI=1S/C15H10ClIN4OS/c16-9-5-7-10(8-6-9)18-14(22)19-15-21-20-13(23-15)11-3-1-2-4-12(11)17/h1-8H,(H2,18,19,21,22). The lowest BCUT2D eigenvalue weighted by Crippen LogP contribution is -2.19. The van der Waals surface area contributed by atoms with Crippen LogP contribution >= 0.6 is 45.5 Å². The first-order valence-corrected chi connectivity index (χ1v) is 8.81. The van der Waals surface area contributed by atoms with Crippen molar-refractivity contribution in [3.8, 4) is 10.6 Å². The molecule has 3 rings (SSSR count). The number of amides is 2. The number of halogens is 2. The molecule has 8 heteroatoms. The average molecular weight is 457 g/mol. The van der Waals surface area contributed by atoms with E-state index in [0.29, 0.717) is 15.8 Å². The van der Waals surface area contributed by atoms with Gasteiger partial charge in [0.1, 0.15) is 0 Å². The molecule has 3 aromatic rings. The lowest BCUT2D eigenvalue weighted by Gasteiger charge is -2.04. The van der Waals surface area contributed by atoms with E-state index in [9.17, 15) is 4.79 Å². The third-order valence-corrected chi connectivity index (χ3v) is 4.92. The lowest BCUT2D eigenvalue weighted by molar-refractivity contribution is 0.262. The Morgan fingerprint density at radius 2 is 1.78 bits per heavy atom. The van der Waals surface area contributed by atoms with Gasteiger partial charge < -0.3 is 5.32 Å². The van der Waals surface area contributed by atoms with Crippen molar-refractivity contribution in [2.75, 3.05) is 10.6 Å². The molecule has 0 saturated carbocycles. The Morgan fingerprint density at radius 1 is 1.04 bits per heavy atom. The van der Waals surface area contributed by atoms with Gasteiger partial charge in [-0.15, -0.1) is 10.2 Å². The van der Waals surface area contributed by atoms with Crippen LogP contribution in [0.4, 0.5) is 15.6 Å². The Morgan fingerprint density at radius 3 is 2.52 bits per heavy atom. The number of rotatable bonds is 3. The molecule has 23 heavy (non-hydrogen) atoms. The molecule has 2 amide bonds. The lowest BCUT2D eigenvalue weighted by atomic mass is 10.2. The summed E-state index contributed by atoms with van der Waals surface area (Å²) in [5.74, 6) is 0. The molecule has 0 saturated heterocycles. The van der Waals surface area contributed by atoms with Gasteiger partial charge in [0.2, 0.25) is 5.13 Å². The fraction of sp³-hybridized carbons (Fsp3) is 0. The topological polar surface area (TPSA) is 66.9 Å². The van der Waals surface area contributed by atoms with Crippen molar-refractivity contribution < 1.29 is 4.79 Å². The molecule has 0 spiro atoms. The quantitative estimate of drug-likeness (QED) is 0.538. The molecule has 0 aliphatic heterocycles. The summed E-state index contributed by atoms with van der Waals surface area (Å²) in [6.45, 7) is 0. The van der Waals surface area contributed by atoms with E-state index in [0.717, 1.165) is 14.1 Å².